The van der Waals surface area contributed by atoms with Crippen LogP contribution < -0.4 is 10.2 Å². The Bertz CT molecular complexity index is 689. The number of carbonyl (C=O) groups excluding carboxylic acids is 1. The molecule has 2 aromatic carbocycles. The van der Waals surface area contributed by atoms with Gasteiger partial charge in [-0.15, -0.1) is 0 Å². The van der Waals surface area contributed by atoms with E-state index in [1.165, 1.54) is 5.56 Å². The molecule has 0 bridgehead atoms. The van der Waals surface area contributed by atoms with Crippen LogP contribution in [0.5, 0.6) is 5.75 Å². The van der Waals surface area contributed by atoms with Crippen molar-refractivity contribution in [2.45, 2.75) is 39.7 Å². The van der Waals surface area contributed by atoms with Gasteiger partial charge < -0.3 is 4.74 Å². The Labute approximate surface area is 143 Å². The number of benzene rings is 2. The first-order valence-corrected chi connectivity index (χ1v) is 8.12. The predicted molar refractivity (Wildman–Crippen MR) is 97.5 cm³/mol. The Morgan fingerprint density at radius 3 is 2.25 bits per heavy atom. The van der Waals surface area contributed by atoms with E-state index in [1.807, 2.05) is 43.3 Å². The van der Waals surface area contributed by atoms with Gasteiger partial charge in [-0.25, -0.2) is 5.43 Å². The van der Waals surface area contributed by atoms with Crippen LogP contribution in [0.15, 0.2) is 53.6 Å². The van der Waals surface area contributed by atoms with E-state index in [2.05, 4.69) is 36.5 Å². The van der Waals surface area contributed by atoms with Crippen LogP contribution in [0.4, 0.5) is 0 Å². The molecule has 126 valence electrons. The van der Waals surface area contributed by atoms with Crippen LogP contribution in [-0.2, 0) is 4.79 Å². The molecule has 1 amide bonds. The smallest absolute Gasteiger partial charge is 0.280 e. The van der Waals surface area contributed by atoms with Gasteiger partial charge >= 0.3 is 0 Å². The van der Waals surface area contributed by atoms with Crippen molar-refractivity contribution >= 4 is 12.1 Å². The highest BCUT2D eigenvalue weighted by molar-refractivity contribution is 5.84. The first-order valence-electron chi connectivity index (χ1n) is 8.12. The highest BCUT2D eigenvalue weighted by Crippen LogP contribution is 2.14. The Hall–Kier alpha value is -2.62. The topological polar surface area (TPSA) is 50.7 Å². The summed E-state index contributed by atoms with van der Waals surface area (Å²) in [6.45, 7) is 8.00. The van der Waals surface area contributed by atoms with Gasteiger partial charge in [0.15, 0.2) is 6.10 Å². The fourth-order valence-corrected chi connectivity index (χ4v) is 2.10. The summed E-state index contributed by atoms with van der Waals surface area (Å²) in [7, 11) is 0. The van der Waals surface area contributed by atoms with Crippen molar-refractivity contribution < 1.29 is 9.53 Å². The number of rotatable bonds is 6. The molecule has 0 saturated heterocycles. The van der Waals surface area contributed by atoms with Gasteiger partial charge in [-0.3, -0.25) is 4.79 Å². The summed E-state index contributed by atoms with van der Waals surface area (Å²) in [5.74, 6) is 0.873. The SMILES string of the molecule is Cc1ccc(OC(C)C(=O)NN=Cc2ccc(C(C)C)cc2)cc1. The van der Waals surface area contributed by atoms with Crippen LogP contribution >= 0.6 is 0 Å². The van der Waals surface area contributed by atoms with Gasteiger partial charge in [0.05, 0.1) is 6.21 Å². The molecule has 0 aliphatic rings. The maximum absolute atomic E-state index is 12.0. The number of amides is 1. The summed E-state index contributed by atoms with van der Waals surface area (Å²) in [6, 6.07) is 15.7. The van der Waals surface area contributed by atoms with Crippen molar-refractivity contribution in [3.05, 3.63) is 65.2 Å². The van der Waals surface area contributed by atoms with Crippen molar-refractivity contribution in [3.63, 3.8) is 0 Å². The molecule has 2 rings (SSSR count). The first kappa shape index (κ1) is 17.7. The molecule has 2 aromatic rings. The third-order valence-electron chi connectivity index (χ3n) is 3.69. The van der Waals surface area contributed by atoms with Gasteiger partial charge in [0.2, 0.25) is 0 Å². The van der Waals surface area contributed by atoms with Gasteiger partial charge in [-0.1, -0.05) is 55.8 Å². The summed E-state index contributed by atoms with van der Waals surface area (Å²) >= 11 is 0. The average Bonchev–Trinajstić information content (AvgIpc) is 2.57. The zero-order chi connectivity index (χ0) is 17.5. The van der Waals surface area contributed by atoms with Gasteiger partial charge in [0.25, 0.3) is 5.91 Å². The molecule has 0 spiro atoms. The van der Waals surface area contributed by atoms with Crippen LogP contribution in [0.3, 0.4) is 0 Å². The van der Waals surface area contributed by atoms with Crippen molar-refractivity contribution in [3.8, 4) is 5.75 Å². The minimum absolute atomic E-state index is 0.286. The molecule has 0 aromatic heterocycles. The number of carbonyl (C=O) groups is 1. The van der Waals surface area contributed by atoms with E-state index in [0.717, 1.165) is 11.1 Å². The molecule has 24 heavy (non-hydrogen) atoms. The van der Waals surface area contributed by atoms with Crippen molar-refractivity contribution in [1.29, 1.82) is 0 Å². The number of aryl methyl sites for hydroxylation is 1. The molecule has 0 heterocycles. The van der Waals surface area contributed by atoms with E-state index >= 15 is 0 Å². The molecule has 0 fully saturated rings. The summed E-state index contributed by atoms with van der Waals surface area (Å²) in [4.78, 5) is 12.0. The average molecular weight is 324 g/mol. The van der Waals surface area contributed by atoms with Crippen molar-refractivity contribution in [1.82, 2.24) is 5.43 Å². The lowest BCUT2D eigenvalue weighted by Crippen LogP contribution is -2.33. The number of hydrogen-bond acceptors (Lipinski definition) is 3. The fraction of sp³-hybridized carbons (Fsp3) is 0.300. The molecule has 4 heteroatoms. The zero-order valence-electron chi connectivity index (χ0n) is 14.6. The molecule has 0 aliphatic heterocycles. The number of hydrogen-bond donors (Lipinski definition) is 1. The lowest BCUT2D eigenvalue weighted by Gasteiger charge is -2.12. The summed E-state index contributed by atoms with van der Waals surface area (Å²) in [5, 5.41) is 3.99. The van der Waals surface area contributed by atoms with E-state index in [1.54, 1.807) is 13.1 Å². The first-order chi connectivity index (χ1) is 11.5. The van der Waals surface area contributed by atoms with Crippen LogP contribution in [0.25, 0.3) is 0 Å². The second-order valence-electron chi connectivity index (χ2n) is 6.13. The Morgan fingerprint density at radius 1 is 1.04 bits per heavy atom. The largest absolute Gasteiger partial charge is 0.481 e. The lowest BCUT2D eigenvalue weighted by atomic mass is 10.0. The minimum Gasteiger partial charge on any atom is -0.481 e. The number of ether oxygens (including phenoxy) is 1. The molecule has 0 saturated carbocycles. The summed E-state index contributed by atoms with van der Waals surface area (Å²) < 4.78 is 5.59. The van der Waals surface area contributed by atoms with Crippen LogP contribution in [0, 0.1) is 6.92 Å². The zero-order valence-corrected chi connectivity index (χ0v) is 14.6. The van der Waals surface area contributed by atoms with Crippen molar-refractivity contribution in [2.24, 2.45) is 5.10 Å². The lowest BCUT2D eigenvalue weighted by molar-refractivity contribution is -0.127. The van der Waals surface area contributed by atoms with Gasteiger partial charge in [-0.05, 0) is 43.0 Å². The van der Waals surface area contributed by atoms with E-state index in [0.29, 0.717) is 11.7 Å². The number of hydrazone groups is 1. The molecule has 0 radical (unpaired) electrons. The summed E-state index contributed by atoms with van der Waals surface area (Å²) in [5.41, 5.74) is 5.86. The maximum Gasteiger partial charge on any atom is 0.280 e. The quantitative estimate of drug-likeness (QED) is 0.644. The highest BCUT2D eigenvalue weighted by atomic mass is 16.5. The molecule has 1 atom stereocenters. The van der Waals surface area contributed by atoms with E-state index in [9.17, 15) is 4.79 Å². The number of nitrogens with zero attached hydrogens (tertiary/aromatic N) is 1. The fourth-order valence-electron chi connectivity index (χ4n) is 2.10. The Balaban J connectivity index is 1.86. The third-order valence-corrected chi connectivity index (χ3v) is 3.69. The Kier molecular flexibility index (Phi) is 6.13. The van der Waals surface area contributed by atoms with Crippen molar-refractivity contribution in [2.75, 3.05) is 0 Å². The van der Waals surface area contributed by atoms with Crippen LogP contribution in [0.1, 0.15) is 43.4 Å². The molecule has 1 N–H and O–H groups in total. The Morgan fingerprint density at radius 2 is 1.67 bits per heavy atom. The van der Waals surface area contributed by atoms with Crippen LogP contribution in [0.2, 0.25) is 0 Å². The minimum atomic E-state index is -0.617. The monoisotopic (exact) mass is 324 g/mol. The second kappa shape index (κ2) is 8.29. The number of nitrogens with one attached hydrogen (secondary N) is 1. The molecule has 4 nitrogen and oxygen atoms in total. The summed E-state index contributed by atoms with van der Waals surface area (Å²) in [6.07, 6.45) is 1.01. The van der Waals surface area contributed by atoms with Gasteiger partial charge in [0.1, 0.15) is 5.75 Å². The maximum atomic E-state index is 12.0. The van der Waals surface area contributed by atoms with Gasteiger partial charge in [-0.2, -0.15) is 5.10 Å². The standard InChI is InChI=1S/C20H24N2O2/c1-14(2)18-9-7-17(8-10-18)13-21-22-20(23)16(4)24-19-11-5-15(3)6-12-19/h5-14,16H,1-4H3,(H,22,23). The predicted octanol–water partition coefficient (Wildman–Crippen LogP) is 4.04. The molecular weight excluding hydrogens is 300 g/mol. The third kappa shape index (κ3) is 5.23. The van der Waals surface area contributed by atoms with E-state index < -0.39 is 6.10 Å². The molecule has 0 aliphatic carbocycles. The second-order valence-corrected chi connectivity index (χ2v) is 6.13. The van der Waals surface area contributed by atoms with Crippen LogP contribution in [-0.4, -0.2) is 18.2 Å². The highest BCUT2D eigenvalue weighted by Gasteiger charge is 2.13. The van der Waals surface area contributed by atoms with E-state index in [4.69, 9.17) is 4.74 Å². The molecular formula is C20H24N2O2. The molecule has 1 unspecified atom stereocenters. The van der Waals surface area contributed by atoms with Gasteiger partial charge in [0, 0.05) is 0 Å². The normalized spacial score (nSPS) is 12.4. The van der Waals surface area contributed by atoms with E-state index in [-0.39, 0.29) is 5.91 Å².